The first-order chi connectivity index (χ1) is 28.7. The highest BCUT2D eigenvalue weighted by molar-refractivity contribution is 6.14. The van der Waals surface area contributed by atoms with Crippen LogP contribution >= 0.6 is 0 Å². The fourth-order valence-corrected chi connectivity index (χ4v) is 8.64. The molecule has 5 nitrogen and oxygen atoms in total. The highest BCUT2D eigenvalue weighted by atomic mass is 16.3. The molecule has 0 radical (unpaired) electrons. The van der Waals surface area contributed by atoms with Gasteiger partial charge in [0.1, 0.15) is 22.3 Å². The van der Waals surface area contributed by atoms with Crippen molar-refractivity contribution >= 4 is 65.4 Å². The van der Waals surface area contributed by atoms with Gasteiger partial charge < -0.3 is 8.83 Å². The van der Waals surface area contributed by atoms with E-state index < -0.39 is 0 Å². The summed E-state index contributed by atoms with van der Waals surface area (Å²) in [5, 5.41) is 8.63. The lowest BCUT2D eigenvalue weighted by Gasteiger charge is -2.12. The lowest BCUT2D eigenvalue weighted by molar-refractivity contribution is 0.668. The van der Waals surface area contributed by atoms with Crippen LogP contribution in [0.15, 0.2) is 197 Å². The molecule has 0 aliphatic carbocycles. The Labute approximate surface area is 332 Å². The van der Waals surface area contributed by atoms with Crippen LogP contribution in [0.25, 0.3) is 122 Å². The molecule has 0 unspecified atom stereocenters. The first-order valence-corrected chi connectivity index (χ1v) is 19.4. The van der Waals surface area contributed by atoms with Crippen molar-refractivity contribution in [2.45, 2.75) is 0 Å². The molecule has 0 aliphatic rings. The van der Waals surface area contributed by atoms with E-state index in [9.17, 15) is 0 Å². The fourth-order valence-electron chi connectivity index (χ4n) is 8.64. The van der Waals surface area contributed by atoms with E-state index in [1.807, 2.05) is 42.5 Å². The second-order valence-corrected chi connectivity index (χ2v) is 14.7. The zero-order valence-corrected chi connectivity index (χ0v) is 31.1. The summed E-state index contributed by atoms with van der Waals surface area (Å²) in [7, 11) is 0. The van der Waals surface area contributed by atoms with Crippen LogP contribution in [0.2, 0.25) is 0 Å². The van der Waals surface area contributed by atoms with Crippen LogP contribution in [-0.4, -0.2) is 15.0 Å². The number of benzene rings is 9. The van der Waals surface area contributed by atoms with Gasteiger partial charge in [0.2, 0.25) is 0 Å². The number of para-hydroxylation sites is 1. The van der Waals surface area contributed by atoms with Gasteiger partial charge in [-0.2, -0.15) is 0 Å². The molecule has 3 heterocycles. The third-order valence-electron chi connectivity index (χ3n) is 11.3. The molecule has 270 valence electrons. The number of rotatable bonds is 5. The van der Waals surface area contributed by atoms with Gasteiger partial charge in [-0.05, 0) is 80.2 Å². The van der Waals surface area contributed by atoms with E-state index in [0.717, 1.165) is 82.5 Å². The van der Waals surface area contributed by atoms with Crippen LogP contribution < -0.4 is 0 Å². The first kappa shape index (κ1) is 32.4. The molecule has 0 bridgehead atoms. The summed E-state index contributed by atoms with van der Waals surface area (Å²) in [6, 6.07) is 65.2. The van der Waals surface area contributed by atoms with E-state index in [2.05, 4.69) is 146 Å². The zero-order valence-electron chi connectivity index (χ0n) is 31.1. The van der Waals surface area contributed by atoms with Gasteiger partial charge in [-0.1, -0.05) is 152 Å². The molecule has 5 heteroatoms. The van der Waals surface area contributed by atoms with Crippen LogP contribution in [-0.2, 0) is 0 Å². The summed E-state index contributed by atoms with van der Waals surface area (Å²) in [4.78, 5) is 15.7. The SMILES string of the molecule is c1ccc(-c2ccc(-c3ccc4c(c3)oc3cccc(-c5nc(-c6ccc7ccccc7c6)nc(-c6cccc7oc8ccccc8c67)n5)c34)c3ccccc23)cc1. The maximum Gasteiger partial charge on any atom is 0.164 e. The summed E-state index contributed by atoms with van der Waals surface area (Å²) >= 11 is 0. The summed E-state index contributed by atoms with van der Waals surface area (Å²) < 4.78 is 13.0. The Hall–Kier alpha value is -7.89. The van der Waals surface area contributed by atoms with Crippen molar-refractivity contribution in [2.75, 3.05) is 0 Å². The third-order valence-corrected chi connectivity index (χ3v) is 11.3. The number of hydrogen-bond donors (Lipinski definition) is 0. The molecular formula is C53H31N3O2. The van der Waals surface area contributed by atoms with E-state index >= 15 is 0 Å². The smallest absolute Gasteiger partial charge is 0.164 e. The monoisotopic (exact) mass is 741 g/mol. The van der Waals surface area contributed by atoms with Crippen LogP contribution in [0.4, 0.5) is 0 Å². The summed E-state index contributed by atoms with van der Waals surface area (Å²) in [6.45, 7) is 0. The van der Waals surface area contributed by atoms with E-state index in [1.165, 1.54) is 21.9 Å². The van der Waals surface area contributed by atoms with Crippen molar-refractivity contribution in [3.8, 4) is 56.4 Å². The topological polar surface area (TPSA) is 65.0 Å². The second-order valence-electron chi connectivity index (χ2n) is 14.7. The van der Waals surface area contributed by atoms with Gasteiger partial charge in [0.15, 0.2) is 17.5 Å². The third kappa shape index (κ3) is 5.14. The van der Waals surface area contributed by atoms with E-state index in [1.54, 1.807) is 0 Å². The average Bonchev–Trinajstić information content (AvgIpc) is 3.87. The Morgan fingerprint density at radius 3 is 1.53 bits per heavy atom. The average molecular weight is 742 g/mol. The van der Waals surface area contributed by atoms with Crippen molar-refractivity contribution in [2.24, 2.45) is 0 Å². The largest absolute Gasteiger partial charge is 0.456 e. The zero-order chi connectivity index (χ0) is 38.2. The molecule has 0 saturated carbocycles. The van der Waals surface area contributed by atoms with Gasteiger partial charge in [-0.3, -0.25) is 0 Å². The number of aromatic nitrogens is 3. The van der Waals surface area contributed by atoms with Gasteiger partial charge in [0, 0.05) is 38.2 Å². The van der Waals surface area contributed by atoms with Crippen LogP contribution in [0.3, 0.4) is 0 Å². The molecule has 12 rings (SSSR count). The number of fused-ring (bicyclic) bond motifs is 8. The van der Waals surface area contributed by atoms with Gasteiger partial charge in [0.25, 0.3) is 0 Å². The molecule has 12 aromatic rings. The predicted molar refractivity (Wildman–Crippen MR) is 237 cm³/mol. The lowest BCUT2D eigenvalue weighted by atomic mass is 9.92. The molecule has 0 saturated heterocycles. The van der Waals surface area contributed by atoms with Crippen molar-refractivity contribution in [1.29, 1.82) is 0 Å². The van der Waals surface area contributed by atoms with E-state index in [0.29, 0.717) is 17.5 Å². The quantitative estimate of drug-likeness (QED) is 0.176. The van der Waals surface area contributed by atoms with E-state index in [-0.39, 0.29) is 0 Å². The fraction of sp³-hybridized carbons (Fsp3) is 0. The number of nitrogens with zero attached hydrogens (tertiary/aromatic N) is 3. The minimum Gasteiger partial charge on any atom is -0.456 e. The summed E-state index contributed by atoms with van der Waals surface area (Å²) in [5.41, 5.74) is 10.5. The molecule has 0 amide bonds. The molecule has 0 spiro atoms. The summed E-state index contributed by atoms with van der Waals surface area (Å²) in [5.74, 6) is 1.73. The highest BCUT2D eigenvalue weighted by Crippen LogP contribution is 2.42. The lowest BCUT2D eigenvalue weighted by Crippen LogP contribution is -2.00. The first-order valence-electron chi connectivity index (χ1n) is 19.4. The molecule has 0 atom stereocenters. The number of furan rings is 2. The number of hydrogen-bond acceptors (Lipinski definition) is 5. The predicted octanol–water partition coefficient (Wildman–Crippen LogP) is 14.3. The maximum absolute atomic E-state index is 6.67. The molecule has 9 aromatic carbocycles. The van der Waals surface area contributed by atoms with Gasteiger partial charge in [-0.15, -0.1) is 0 Å². The van der Waals surface area contributed by atoms with Crippen LogP contribution in [0, 0.1) is 0 Å². The van der Waals surface area contributed by atoms with Crippen molar-refractivity contribution in [3.63, 3.8) is 0 Å². The highest BCUT2D eigenvalue weighted by Gasteiger charge is 2.21. The minimum atomic E-state index is 0.567. The second kappa shape index (κ2) is 12.8. The van der Waals surface area contributed by atoms with Gasteiger partial charge >= 0.3 is 0 Å². The Bertz CT molecular complexity index is 3580. The summed E-state index contributed by atoms with van der Waals surface area (Å²) in [6.07, 6.45) is 0. The van der Waals surface area contributed by atoms with Crippen LogP contribution in [0.1, 0.15) is 0 Å². The normalized spacial score (nSPS) is 11.8. The molecule has 58 heavy (non-hydrogen) atoms. The van der Waals surface area contributed by atoms with Crippen LogP contribution in [0.5, 0.6) is 0 Å². The molecule has 0 N–H and O–H groups in total. The Balaban J connectivity index is 1.05. The van der Waals surface area contributed by atoms with Gasteiger partial charge in [-0.25, -0.2) is 15.0 Å². The molecule has 3 aromatic heterocycles. The van der Waals surface area contributed by atoms with E-state index in [4.69, 9.17) is 23.8 Å². The van der Waals surface area contributed by atoms with Crippen molar-refractivity contribution in [1.82, 2.24) is 15.0 Å². The minimum absolute atomic E-state index is 0.567. The van der Waals surface area contributed by atoms with Crippen molar-refractivity contribution < 1.29 is 8.83 Å². The Morgan fingerprint density at radius 1 is 0.276 bits per heavy atom. The van der Waals surface area contributed by atoms with Crippen molar-refractivity contribution in [3.05, 3.63) is 188 Å². The molecular weight excluding hydrogens is 711 g/mol. The Kier molecular flexibility index (Phi) is 7.16. The standard InChI is InChI=1S/C53H31N3O2/c1-2-13-33(14-3-1)37-28-29-38(40-17-7-6-16-39(37)40)35-26-27-42-48(31-35)58-47-23-11-20-44(50(42)47)53-55-51(36-25-24-32-12-4-5-15-34(32)30-36)54-52(56-53)43-19-10-22-46-49(43)41-18-8-9-21-45(41)57-46/h1-31H. The molecule has 0 fully saturated rings. The Morgan fingerprint density at radius 2 is 0.810 bits per heavy atom. The van der Waals surface area contributed by atoms with Gasteiger partial charge in [0.05, 0.1) is 0 Å². The molecule has 0 aliphatic heterocycles. The maximum atomic E-state index is 6.67.